The highest BCUT2D eigenvalue weighted by Gasteiger charge is 2.07. The van der Waals surface area contributed by atoms with E-state index in [4.69, 9.17) is 9.29 Å². The summed E-state index contributed by atoms with van der Waals surface area (Å²) < 4.78 is 34.3. The molecule has 0 aromatic rings. The lowest BCUT2D eigenvalue weighted by Gasteiger charge is -2.04. The van der Waals surface area contributed by atoms with Gasteiger partial charge in [-0.25, -0.2) is 0 Å². The molecule has 27 heavy (non-hydrogen) atoms. The quantitative estimate of drug-likeness (QED) is 0.126. The summed E-state index contributed by atoms with van der Waals surface area (Å²) in [6.45, 7) is 1.98. The average Bonchev–Trinajstić information content (AvgIpc) is 2.60. The zero-order chi connectivity index (χ0) is 20.2. The van der Waals surface area contributed by atoms with E-state index in [9.17, 15) is 13.2 Å². The number of allylic oxidation sites excluding steroid dienone is 2. The average molecular weight is 405 g/mol. The lowest BCUT2D eigenvalue weighted by Crippen LogP contribution is -2.14. The number of unbranched alkanes of at least 4 members (excludes halogenated alkanes) is 12. The maximum atomic E-state index is 11.4. The second-order valence-electron chi connectivity index (χ2n) is 7.19. The summed E-state index contributed by atoms with van der Waals surface area (Å²) in [6.07, 6.45) is 22.0. The SMILES string of the molecule is CCCCCCCC/C=C/CCCCCCCCC(=O)OCCS(=O)(=O)O. The highest BCUT2D eigenvalue weighted by molar-refractivity contribution is 7.85. The van der Waals surface area contributed by atoms with Crippen molar-refractivity contribution in [1.29, 1.82) is 0 Å². The second-order valence-corrected chi connectivity index (χ2v) is 8.77. The molecule has 1 N–H and O–H groups in total. The maximum Gasteiger partial charge on any atom is 0.305 e. The second kappa shape index (κ2) is 18.5. The monoisotopic (exact) mass is 404 g/mol. The maximum absolute atomic E-state index is 11.4. The third-order valence-corrected chi connectivity index (χ3v) is 5.18. The van der Waals surface area contributed by atoms with Gasteiger partial charge in [0, 0.05) is 6.42 Å². The van der Waals surface area contributed by atoms with Crippen molar-refractivity contribution in [2.24, 2.45) is 0 Å². The van der Waals surface area contributed by atoms with E-state index in [1.54, 1.807) is 0 Å². The van der Waals surface area contributed by atoms with Crippen LogP contribution in [0.3, 0.4) is 0 Å². The van der Waals surface area contributed by atoms with E-state index in [0.717, 1.165) is 25.7 Å². The Labute approximate surface area is 166 Å². The fourth-order valence-corrected chi connectivity index (χ4v) is 3.14. The van der Waals surface area contributed by atoms with Crippen LogP contribution in [0.1, 0.15) is 103 Å². The topological polar surface area (TPSA) is 80.7 Å². The highest BCUT2D eigenvalue weighted by Crippen LogP contribution is 2.10. The van der Waals surface area contributed by atoms with Crippen molar-refractivity contribution < 1.29 is 22.5 Å². The van der Waals surface area contributed by atoms with Gasteiger partial charge in [0.2, 0.25) is 0 Å². The first-order chi connectivity index (χ1) is 13.0. The first-order valence-electron chi connectivity index (χ1n) is 10.7. The van der Waals surface area contributed by atoms with Gasteiger partial charge in [-0.3, -0.25) is 9.35 Å². The van der Waals surface area contributed by atoms with Gasteiger partial charge in [0.25, 0.3) is 10.1 Å². The van der Waals surface area contributed by atoms with E-state index in [1.807, 2.05) is 0 Å². The van der Waals surface area contributed by atoms with Crippen LogP contribution in [-0.2, 0) is 19.6 Å². The summed E-state index contributed by atoms with van der Waals surface area (Å²) in [5.74, 6) is -0.930. The van der Waals surface area contributed by atoms with Gasteiger partial charge in [-0.15, -0.1) is 0 Å². The molecule has 6 heteroatoms. The van der Waals surface area contributed by atoms with Crippen LogP contribution in [0.5, 0.6) is 0 Å². The standard InChI is InChI=1S/C21H40O5S/c1-2-3-4-5-6-7-8-9-10-11-12-13-14-15-16-17-18-21(22)26-19-20-27(23,24)25/h9-10H,2-8,11-20H2,1H3,(H,23,24,25)/b10-9+. The van der Waals surface area contributed by atoms with Gasteiger partial charge < -0.3 is 4.74 Å². The van der Waals surface area contributed by atoms with E-state index in [0.29, 0.717) is 6.42 Å². The van der Waals surface area contributed by atoms with Crippen LogP contribution in [0, 0.1) is 0 Å². The predicted molar refractivity (Wildman–Crippen MR) is 111 cm³/mol. The van der Waals surface area contributed by atoms with Crippen molar-refractivity contribution in [2.45, 2.75) is 103 Å². The predicted octanol–water partition coefficient (Wildman–Crippen LogP) is 5.85. The molecule has 0 spiro atoms. The molecular formula is C21H40O5S. The fourth-order valence-electron chi connectivity index (χ4n) is 2.85. The molecule has 0 radical (unpaired) electrons. The highest BCUT2D eigenvalue weighted by atomic mass is 32.2. The molecule has 0 fully saturated rings. The van der Waals surface area contributed by atoms with Gasteiger partial charge in [0.1, 0.15) is 12.4 Å². The van der Waals surface area contributed by atoms with Crippen LogP contribution in [-0.4, -0.2) is 31.3 Å². The normalized spacial score (nSPS) is 11.9. The van der Waals surface area contributed by atoms with E-state index < -0.39 is 21.8 Å². The molecule has 0 amide bonds. The molecule has 160 valence electrons. The van der Waals surface area contributed by atoms with Crippen LogP contribution >= 0.6 is 0 Å². The van der Waals surface area contributed by atoms with Crippen molar-refractivity contribution in [3.63, 3.8) is 0 Å². The zero-order valence-corrected chi connectivity index (χ0v) is 18.0. The Balaban J connectivity index is 3.26. The Kier molecular flexibility index (Phi) is 17.9. The first kappa shape index (κ1) is 26.1. The van der Waals surface area contributed by atoms with Crippen LogP contribution < -0.4 is 0 Å². The third-order valence-electron chi connectivity index (χ3n) is 4.50. The van der Waals surface area contributed by atoms with Gasteiger partial charge in [-0.2, -0.15) is 8.42 Å². The first-order valence-corrected chi connectivity index (χ1v) is 12.3. The van der Waals surface area contributed by atoms with Crippen LogP contribution in [0.4, 0.5) is 0 Å². The Bertz CT molecular complexity index is 471. The number of rotatable bonds is 19. The lowest BCUT2D eigenvalue weighted by molar-refractivity contribution is -0.143. The summed E-state index contributed by atoms with van der Waals surface area (Å²) in [7, 11) is -4.05. The van der Waals surface area contributed by atoms with Crippen molar-refractivity contribution in [2.75, 3.05) is 12.4 Å². The molecule has 0 bridgehead atoms. The van der Waals surface area contributed by atoms with Crippen LogP contribution in [0.2, 0.25) is 0 Å². The molecular weight excluding hydrogens is 364 g/mol. The van der Waals surface area contributed by atoms with Gasteiger partial charge in [0.15, 0.2) is 0 Å². The van der Waals surface area contributed by atoms with Gasteiger partial charge in [-0.1, -0.05) is 76.9 Å². The summed E-state index contributed by atoms with van der Waals surface area (Å²) in [6, 6.07) is 0. The van der Waals surface area contributed by atoms with E-state index in [1.165, 1.54) is 64.2 Å². The number of ether oxygens (including phenoxy) is 1. The van der Waals surface area contributed by atoms with Gasteiger partial charge in [0.05, 0.1) is 0 Å². The molecule has 0 atom stereocenters. The summed E-state index contributed by atoms with van der Waals surface area (Å²) >= 11 is 0. The fraction of sp³-hybridized carbons (Fsp3) is 0.857. The molecule has 0 aliphatic rings. The minimum absolute atomic E-state index is 0.274. The molecule has 0 unspecified atom stereocenters. The number of carbonyl (C=O) groups is 1. The smallest absolute Gasteiger partial charge is 0.305 e. The number of esters is 1. The Hall–Kier alpha value is -0.880. The Morgan fingerprint density at radius 3 is 1.81 bits per heavy atom. The van der Waals surface area contributed by atoms with Crippen molar-refractivity contribution in [3.8, 4) is 0 Å². The summed E-state index contributed by atoms with van der Waals surface area (Å²) in [5, 5.41) is 0. The minimum Gasteiger partial charge on any atom is -0.464 e. The van der Waals surface area contributed by atoms with E-state index >= 15 is 0 Å². The van der Waals surface area contributed by atoms with Crippen LogP contribution in [0.15, 0.2) is 12.2 Å². The minimum atomic E-state index is -4.05. The number of carbonyl (C=O) groups excluding carboxylic acids is 1. The molecule has 0 aliphatic carbocycles. The van der Waals surface area contributed by atoms with Gasteiger partial charge in [-0.05, 0) is 32.1 Å². The Morgan fingerprint density at radius 1 is 0.815 bits per heavy atom. The lowest BCUT2D eigenvalue weighted by atomic mass is 10.1. The molecule has 0 aromatic heterocycles. The van der Waals surface area contributed by atoms with Crippen LogP contribution in [0.25, 0.3) is 0 Å². The molecule has 5 nitrogen and oxygen atoms in total. The van der Waals surface area contributed by atoms with Gasteiger partial charge >= 0.3 is 5.97 Å². The van der Waals surface area contributed by atoms with E-state index in [-0.39, 0.29) is 6.61 Å². The molecule has 0 aliphatic heterocycles. The molecule has 0 saturated carbocycles. The third kappa shape index (κ3) is 23.1. The largest absolute Gasteiger partial charge is 0.464 e. The van der Waals surface area contributed by atoms with Crippen molar-refractivity contribution in [1.82, 2.24) is 0 Å². The molecule has 0 aromatic carbocycles. The van der Waals surface area contributed by atoms with Crippen molar-refractivity contribution >= 4 is 16.1 Å². The molecule has 0 rings (SSSR count). The Morgan fingerprint density at radius 2 is 1.30 bits per heavy atom. The molecule has 0 heterocycles. The number of hydrogen-bond donors (Lipinski definition) is 1. The zero-order valence-electron chi connectivity index (χ0n) is 17.2. The van der Waals surface area contributed by atoms with Crippen molar-refractivity contribution in [3.05, 3.63) is 12.2 Å². The van der Waals surface area contributed by atoms with E-state index in [2.05, 4.69) is 19.1 Å². The summed E-state index contributed by atoms with van der Waals surface area (Å²) in [5.41, 5.74) is 0. The molecule has 0 saturated heterocycles. The summed E-state index contributed by atoms with van der Waals surface area (Å²) in [4.78, 5) is 11.4. The number of hydrogen-bond acceptors (Lipinski definition) is 4.